The third kappa shape index (κ3) is 5.98. The van der Waals surface area contributed by atoms with Crippen LogP contribution in [0.1, 0.15) is 40.0 Å². The molecule has 0 aromatic rings. The van der Waals surface area contributed by atoms with Crippen LogP contribution in [0.4, 0.5) is 0 Å². The Morgan fingerprint density at radius 1 is 1.35 bits per heavy atom. The summed E-state index contributed by atoms with van der Waals surface area (Å²) in [5.74, 6) is 1.59. The molecule has 1 fully saturated rings. The molecule has 2 atom stereocenters. The summed E-state index contributed by atoms with van der Waals surface area (Å²) < 4.78 is 11.3. The maximum Gasteiger partial charge on any atom is 0.0360 e. The summed E-state index contributed by atoms with van der Waals surface area (Å²) in [6, 6.07) is 1.30. The van der Waals surface area contributed by atoms with Crippen molar-refractivity contribution in [3.63, 3.8) is 0 Å². The van der Waals surface area contributed by atoms with Gasteiger partial charge in [-0.25, -0.2) is 0 Å². The predicted octanol–water partition coefficient (Wildman–Crippen LogP) is 1.61. The van der Waals surface area contributed by atoms with Crippen molar-refractivity contribution in [1.29, 1.82) is 0 Å². The van der Waals surface area contributed by atoms with Gasteiger partial charge in [0.05, 0.1) is 0 Å². The van der Waals surface area contributed by atoms with Crippen molar-refractivity contribution in [1.82, 2.24) is 10.2 Å². The van der Waals surface area contributed by atoms with Crippen molar-refractivity contribution in [3.8, 4) is 0 Å². The SMILES string of the molecule is CCS(=O)CCNC1CCCN(C(C)C)CC1. The lowest BCUT2D eigenvalue weighted by atomic mass is 10.1. The molecule has 0 aromatic carbocycles. The number of hydrogen-bond donors (Lipinski definition) is 1. The maximum absolute atomic E-state index is 11.3. The summed E-state index contributed by atoms with van der Waals surface area (Å²) in [4.78, 5) is 2.56. The van der Waals surface area contributed by atoms with E-state index in [9.17, 15) is 4.21 Å². The first-order valence-corrected chi connectivity index (χ1v) is 8.44. The monoisotopic (exact) mass is 260 g/mol. The lowest BCUT2D eigenvalue weighted by Crippen LogP contribution is -2.35. The molecule has 17 heavy (non-hydrogen) atoms. The van der Waals surface area contributed by atoms with Gasteiger partial charge >= 0.3 is 0 Å². The van der Waals surface area contributed by atoms with Crippen molar-refractivity contribution in [2.24, 2.45) is 0 Å². The van der Waals surface area contributed by atoms with E-state index >= 15 is 0 Å². The Labute approximate surface area is 109 Å². The highest BCUT2D eigenvalue weighted by Crippen LogP contribution is 2.13. The molecule has 1 heterocycles. The Kier molecular flexibility index (Phi) is 7.32. The van der Waals surface area contributed by atoms with Crippen LogP contribution in [-0.4, -0.2) is 52.3 Å². The third-order valence-corrected chi connectivity index (χ3v) is 4.88. The van der Waals surface area contributed by atoms with Gasteiger partial charge in [-0.05, 0) is 46.2 Å². The van der Waals surface area contributed by atoms with Gasteiger partial charge in [0.2, 0.25) is 0 Å². The van der Waals surface area contributed by atoms with Gasteiger partial charge in [0, 0.05) is 40.9 Å². The predicted molar refractivity (Wildman–Crippen MR) is 75.9 cm³/mol. The van der Waals surface area contributed by atoms with Crippen molar-refractivity contribution < 1.29 is 4.21 Å². The lowest BCUT2D eigenvalue weighted by Gasteiger charge is -2.24. The fourth-order valence-electron chi connectivity index (χ4n) is 2.36. The van der Waals surface area contributed by atoms with Gasteiger partial charge in [0.25, 0.3) is 0 Å². The molecule has 3 nitrogen and oxygen atoms in total. The van der Waals surface area contributed by atoms with Crippen molar-refractivity contribution in [3.05, 3.63) is 0 Å². The molecule has 0 bridgehead atoms. The Morgan fingerprint density at radius 3 is 2.76 bits per heavy atom. The minimum absolute atomic E-state index is 0.623. The molecular formula is C13H28N2OS. The van der Waals surface area contributed by atoms with Crippen LogP contribution in [0.2, 0.25) is 0 Å². The quantitative estimate of drug-likeness (QED) is 0.787. The molecule has 0 radical (unpaired) electrons. The van der Waals surface area contributed by atoms with E-state index in [1.807, 2.05) is 6.92 Å². The Bertz CT molecular complexity index is 233. The minimum atomic E-state index is -0.623. The Hall–Kier alpha value is 0.0700. The standard InChI is InChI=1S/C13H28N2OS/c1-4-17(16)11-8-14-13-6-5-9-15(10-7-13)12(2)3/h12-14H,4-11H2,1-3H3. The highest BCUT2D eigenvalue weighted by molar-refractivity contribution is 7.84. The molecule has 1 aliphatic heterocycles. The van der Waals surface area contributed by atoms with Gasteiger partial charge in [-0.2, -0.15) is 0 Å². The minimum Gasteiger partial charge on any atom is -0.313 e. The smallest absolute Gasteiger partial charge is 0.0360 e. The first kappa shape index (κ1) is 15.1. The van der Waals surface area contributed by atoms with Crippen LogP contribution in [0.15, 0.2) is 0 Å². The molecule has 1 saturated heterocycles. The molecular weight excluding hydrogens is 232 g/mol. The van der Waals surface area contributed by atoms with E-state index in [0.29, 0.717) is 12.1 Å². The lowest BCUT2D eigenvalue weighted by molar-refractivity contribution is 0.229. The van der Waals surface area contributed by atoms with Gasteiger partial charge < -0.3 is 10.2 Å². The number of rotatable bonds is 6. The van der Waals surface area contributed by atoms with Crippen molar-refractivity contribution >= 4 is 10.8 Å². The summed E-state index contributed by atoms with van der Waals surface area (Å²) >= 11 is 0. The highest BCUT2D eigenvalue weighted by atomic mass is 32.2. The second-order valence-corrected chi connectivity index (χ2v) is 7.01. The van der Waals surface area contributed by atoms with E-state index in [0.717, 1.165) is 18.1 Å². The largest absolute Gasteiger partial charge is 0.313 e. The van der Waals surface area contributed by atoms with Crippen LogP contribution in [0.25, 0.3) is 0 Å². The van der Waals surface area contributed by atoms with Crippen LogP contribution in [0.5, 0.6) is 0 Å². The molecule has 0 saturated carbocycles. The molecule has 0 spiro atoms. The molecule has 102 valence electrons. The van der Waals surface area contributed by atoms with Crippen LogP contribution < -0.4 is 5.32 Å². The Morgan fingerprint density at radius 2 is 2.12 bits per heavy atom. The van der Waals surface area contributed by atoms with E-state index in [4.69, 9.17) is 0 Å². The fraction of sp³-hybridized carbons (Fsp3) is 1.00. The summed E-state index contributed by atoms with van der Waals surface area (Å²) in [6.45, 7) is 9.88. The molecule has 0 amide bonds. The van der Waals surface area contributed by atoms with Crippen LogP contribution in [0, 0.1) is 0 Å². The van der Waals surface area contributed by atoms with Crippen LogP contribution in [-0.2, 0) is 10.8 Å². The van der Waals surface area contributed by atoms with Gasteiger partial charge in [-0.1, -0.05) is 6.92 Å². The summed E-state index contributed by atoms with van der Waals surface area (Å²) in [7, 11) is -0.623. The fourth-order valence-corrected chi connectivity index (χ4v) is 2.99. The molecule has 1 N–H and O–H groups in total. The van der Waals surface area contributed by atoms with Gasteiger partial charge in [-0.3, -0.25) is 4.21 Å². The zero-order chi connectivity index (χ0) is 12.7. The average Bonchev–Trinajstić information content (AvgIpc) is 2.54. The number of nitrogens with zero attached hydrogens (tertiary/aromatic N) is 1. The maximum atomic E-state index is 11.3. The summed E-state index contributed by atoms with van der Waals surface area (Å²) in [5, 5.41) is 3.57. The summed E-state index contributed by atoms with van der Waals surface area (Å²) in [5.41, 5.74) is 0. The zero-order valence-electron chi connectivity index (χ0n) is 11.6. The number of hydrogen-bond acceptors (Lipinski definition) is 3. The van der Waals surface area contributed by atoms with E-state index < -0.39 is 10.8 Å². The third-order valence-electron chi connectivity index (χ3n) is 3.58. The molecule has 2 unspecified atom stereocenters. The Balaban J connectivity index is 2.20. The van der Waals surface area contributed by atoms with E-state index in [2.05, 4.69) is 24.1 Å². The van der Waals surface area contributed by atoms with Crippen LogP contribution >= 0.6 is 0 Å². The van der Waals surface area contributed by atoms with E-state index in [1.54, 1.807) is 0 Å². The van der Waals surface area contributed by atoms with E-state index in [1.165, 1.54) is 32.4 Å². The number of likely N-dealkylation sites (tertiary alicyclic amines) is 1. The highest BCUT2D eigenvalue weighted by Gasteiger charge is 2.17. The molecule has 4 heteroatoms. The molecule has 1 rings (SSSR count). The van der Waals surface area contributed by atoms with Crippen molar-refractivity contribution in [2.45, 2.75) is 52.1 Å². The topological polar surface area (TPSA) is 32.3 Å². The van der Waals surface area contributed by atoms with E-state index in [-0.39, 0.29) is 0 Å². The molecule has 0 aliphatic carbocycles. The first-order chi connectivity index (χ1) is 8.13. The summed E-state index contributed by atoms with van der Waals surface area (Å²) in [6.07, 6.45) is 3.78. The van der Waals surface area contributed by atoms with Gasteiger partial charge in [-0.15, -0.1) is 0 Å². The van der Waals surface area contributed by atoms with Gasteiger partial charge in [0.15, 0.2) is 0 Å². The number of nitrogens with one attached hydrogen (secondary N) is 1. The normalized spacial score (nSPS) is 24.8. The molecule has 0 aromatic heterocycles. The second-order valence-electron chi connectivity index (χ2n) is 5.14. The van der Waals surface area contributed by atoms with Gasteiger partial charge in [0.1, 0.15) is 0 Å². The van der Waals surface area contributed by atoms with Crippen LogP contribution in [0.3, 0.4) is 0 Å². The second kappa shape index (κ2) is 8.22. The zero-order valence-corrected chi connectivity index (χ0v) is 12.4. The average molecular weight is 260 g/mol. The van der Waals surface area contributed by atoms with Crippen molar-refractivity contribution in [2.75, 3.05) is 31.1 Å². The molecule has 1 aliphatic rings. The first-order valence-electron chi connectivity index (χ1n) is 6.96.